The Morgan fingerprint density at radius 2 is 2.05 bits per heavy atom. The Kier molecular flexibility index (Phi) is 3.94. The molecule has 3 rings (SSSR count). The van der Waals surface area contributed by atoms with E-state index >= 15 is 0 Å². The average Bonchev–Trinajstić information content (AvgIpc) is 2.88. The minimum Gasteiger partial charge on any atom is -0.487 e. The summed E-state index contributed by atoms with van der Waals surface area (Å²) in [6.45, 7) is 4.00. The number of ether oxygens (including phenoxy) is 1. The van der Waals surface area contributed by atoms with Crippen LogP contribution in [0, 0.1) is 17.7 Å². The lowest BCUT2D eigenvalue weighted by molar-refractivity contribution is -0.0235. The van der Waals surface area contributed by atoms with Crippen molar-refractivity contribution in [2.75, 3.05) is 13.1 Å². The van der Waals surface area contributed by atoms with Gasteiger partial charge in [0, 0.05) is 0 Å². The first kappa shape index (κ1) is 13.8. The van der Waals surface area contributed by atoms with Crippen molar-refractivity contribution in [2.45, 2.75) is 38.4 Å². The molecule has 4 atom stereocenters. The van der Waals surface area contributed by atoms with Crippen LogP contribution in [0.4, 0.5) is 4.39 Å². The number of aliphatic hydroxyl groups excluding tert-OH is 1. The highest BCUT2D eigenvalue weighted by Gasteiger charge is 2.39. The Labute approximate surface area is 119 Å². The van der Waals surface area contributed by atoms with Crippen LogP contribution in [0.15, 0.2) is 18.2 Å². The van der Waals surface area contributed by atoms with Gasteiger partial charge in [-0.25, -0.2) is 4.39 Å². The van der Waals surface area contributed by atoms with Gasteiger partial charge in [-0.05, 0) is 68.0 Å². The summed E-state index contributed by atoms with van der Waals surface area (Å²) in [5.74, 6) is 1.64. The molecule has 1 aliphatic carbocycles. The van der Waals surface area contributed by atoms with E-state index in [2.05, 4.69) is 5.32 Å². The molecule has 2 fully saturated rings. The molecule has 2 aliphatic rings. The van der Waals surface area contributed by atoms with E-state index in [0.717, 1.165) is 37.9 Å². The smallest absolute Gasteiger partial charge is 0.125 e. The molecule has 2 N–H and O–H groups in total. The summed E-state index contributed by atoms with van der Waals surface area (Å²) >= 11 is 0. The summed E-state index contributed by atoms with van der Waals surface area (Å²) in [5, 5.41) is 13.7. The molecule has 0 bridgehead atoms. The van der Waals surface area contributed by atoms with Gasteiger partial charge < -0.3 is 15.2 Å². The van der Waals surface area contributed by atoms with Crippen LogP contribution in [0.3, 0.4) is 0 Å². The fourth-order valence-corrected chi connectivity index (χ4v) is 3.49. The Bertz CT molecular complexity index is 480. The average molecular weight is 279 g/mol. The summed E-state index contributed by atoms with van der Waals surface area (Å²) in [4.78, 5) is 0. The number of fused-ring (bicyclic) bond motifs is 1. The zero-order valence-electron chi connectivity index (χ0n) is 11.8. The van der Waals surface area contributed by atoms with E-state index in [1.807, 2.05) is 6.92 Å². The van der Waals surface area contributed by atoms with Crippen LogP contribution in [0.2, 0.25) is 0 Å². The number of aliphatic hydroxyl groups is 1. The fraction of sp³-hybridized carbons (Fsp3) is 0.625. The molecular formula is C16H22FNO2. The molecule has 1 aromatic rings. The number of aryl methyl sites for hydroxylation is 1. The molecule has 0 unspecified atom stereocenters. The van der Waals surface area contributed by atoms with Crippen LogP contribution in [0.25, 0.3) is 0 Å². The second-order valence-corrected chi connectivity index (χ2v) is 5.98. The molecule has 0 aromatic heterocycles. The molecule has 1 aromatic carbocycles. The van der Waals surface area contributed by atoms with E-state index < -0.39 is 6.10 Å². The van der Waals surface area contributed by atoms with Crippen molar-refractivity contribution in [3.05, 3.63) is 29.6 Å². The lowest BCUT2D eigenvalue weighted by Crippen LogP contribution is -2.42. The third kappa shape index (κ3) is 2.67. The van der Waals surface area contributed by atoms with Gasteiger partial charge in [0.05, 0.1) is 6.10 Å². The summed E-state index contributed by atoms with van der Waals surface area (Å²) < 4.78 is 19.3. The molecule has 110 valence electrons. The van der Waals surface area contributed by atoms with Crippen LogP contribution < -0.4 is 10.1 Å². The number of nitrogens with one attached hydrogen (secondary N) is 1. The second-order valence-electron chi connectivity index (χ2n) is 5.98. The Morgan fingerprint density at radius 1 is 1.30 bits per heavy atom. The molecule has 3 nitrogen and oxygen atoms in total. The van der Waals surface area contributed by atoms with Crippen molar-refractivity contribution in [3.63, 3.8) is 0 Å². The first-order chi connectivity index (χ1) is 9.67. The predicted octanol–water partition coefficient (Wildman–Crippen LogP) is 2.13. The molecule has 1 aliphatic heterocycles. The van der Waals surface area contributed by atoms with E-state index in [-0.39, 0.29) is 11.9 Å². The third-order valence-corrected chi connectivity index (χ3v) is 4.67. The summed E-state index contributed by atoms with van der Waals surface area (Å²) in [7, 11) is 0. The molecular weight excluding hydrogens is 257 g/mol. The van der Waals surface area contributed by atoms with Gasteiger partial charge in [0.2, 0.25) is 0 Å². The summed E-state index contributed by atoms with van der Waals surface area (Å²) in [6, 6.07) is 4.62. The number of rotatable bonds is 3. The van der Waals surface area contributed by atoms with E-state index in [0.29, 0.717) is 17.6 Å². The van der Waals surface area contributed by atoms with Crippen LogP contribution >= 0.6 is 0 Å². The highest BCUT2D eigenvalue weighted by atomic mass is 19.1. The van der Waals surface area contributed by atoms with Gasteiger partial charge in [-0.1, -0.05) is 6.92 Å². The largest absolute Gasteiger partial charge is 0.487 e. The Balaban J connectivity index is 1.73. The van der Waals surface area contributed by atoms with E-state index in [4.69, 9.17) is 4.74 Å². The van der Waals surface area contributed by atoms with Crippen molar-refractivity contribution in [1.82, 2.24) is 5.32 Å². The maximum absolute atomic E-state index is 13.3. The summed E-state index contributed by atoms with van der Waals surface area (Å²) in [5.41, 5.74) is 0.865. The van der Waals surface area contributed by atoms with Gasteiger partial charge in [-0.15, -0.1) is 0 Å². The van der Waals surface area contributed by atoms with Crippen molar-refractivity contribution in [1.29, 1.82) is 0 Å². The van der Waals surface area contributed by atoms with Gasteiger partial charge in [-0.3, -0.25) is 0 Å². The fourth-order valence-electron chi connectivity index (χ4n) is 3.49. The molecule has 1 saturated heterocycles. The van der Waals surface area contributed by atoms with Gasteiger partial charge >= 0.3 is 0 Å². The van der Waals surface area contributed by atoms with Crippen molar-refractivity contribution in [3.8, 4) is 5.75 Å². The van der Waals surface area contributed by atoms with Gasteiger partial charge in [-0.2, -0.15) is 0 Å². The van der Waals surface area contributed by atoms with Crippen molar-refractivity contribution < 1.29 is 14.2 Å². The predicted molar refractivity (Wildman–Crippen MR) is 75.3 cm³/mol. The van der Waals surface area contributed by atoms with E-state index in [9.17, 15) is 9.50 Å². The maximum Gasteiger partial charge on any atom is 0.125 e. The quantitative estimate of drug-likeness (QED) is 0.890. The normalized spacial score (nSPS) is 33.0. The topological polar surface area (TPSA) is 41.5 Å². The highest BCUT2D eigenvalue weighted by Crippen LogP contribution is 2.35. The van der Waals surface area contributed by atoms with Crippen LogP contribution in [-0.4, -0.2) is 30.4 Å². The Morgan fingerprint density at radius 3 is 2.80 bits per heavy atom. The Hall–Kier alpha value is -1.13. The van der Waals surface area contributed by atoms with Crippen molar-refractivity contribution in [2.24, 2.45) is 11.8 Å². The third-order valence-electron chi connectivity index (χ3n) is 4.67. The lowest BCUT2D eigenvalue weighted by Gasteiger charge is -2.35. The standard InChI is InChI=1S/C16H22FNO2/c1-2-10-5-13(17)3-4-15(10)20-16-7-12-9-18-8-11(12)6-14(16)19/h3-5,11-12,14,16,18-19H,2,6-9H2,1H3/t11-,12+,14+,16+/m0/s1. The molecule has 20 heavy (non-hydrogen) atoms. The molecule has 1 heterocycles. The molecule has 0 radical (unpaired) electrons. The van der Waals surface area contributed by atoms with Crippen LogP contribution in [0.5, 0.6) is 5.75 Å². The maximum atomic E-state index is 13.3. The van der Waals surface area contributed by atoms with Crippen LogP contribution in [0.1, 0.15) is 25.3 Å². The van der Waals surface area contributed by atoms with E-state index in [1.54, 1.807) is 6.07 Å². The van der Waals surface area contributed by atoms with E-state index in [1.165, 1.54) is 12.1 Å². The number of benzene rings is 1. The number of halogens is 1. The number of hydrogen-bond donors (Lipinski definition) is 2. The monoisotopic (exact) mass is 279 g/mol. The molecule has 4 heteroatoms. The summed E-state index contributed by atoms with van der Waals surface area (Å²) in [6.07, 6.45) is 1.80. The first-order valence-electron chi connectivity index (χ1n) is 7.51. The first-order valence-corrected chi connectivity index (χ1v) is 7.51. The lowest BCUT2D eigenvalue weighted by atomic mass is 9.78. The minimum absolute atomic E-state index is 0.174. The second kappa shape index (κ2) is 5.70. The molecule has 0 spiro atoms. The minimum atomic E-state index is -0.425. The molecule has 1 saturated carbocycles. The zero-order valence-corrected chi connectivity index (χ0v) is 11.8. The van der Waals surface area contributed by atoms with Gasteiger partial charge in [0.1, 0.15) is 17.7 Å². The molecule has 0 amide bonds. The van der Waals surface area contributed by atoms with Gasteiger partial charge in [0.15, 0.2) is 0 Å². The SMILES string of the molecule is CCc1cc(F)ccc1O[C@@H]1C[C@@H]2CNC[C@@H]2C[C@H]1O. The van der Waals surface area contributed by atoms with Gasteiger partial charge in [0.25, 0.3) is 0 Å². The number of hydrogen-bond acceptors (Lipinski definition) is 3. The zero-order chi connectivity index (χ0) is 14.1. The van der Waals surface area contributed by atoms with Crippen LogP contribution in [-0.2, 0) is 6.42 Å². The van der Waals surface area contributed by atoms with Crippen molar-refractivity contribution >= 4 is 0 Å². The highest BCUT2D eigenvalue weighted by molar-refractivity contribution is 5.34.